The number of benzene rings is 2. The van der Waals surface area contributed by atoms with Crippen molar-refractivity contribution in [3.8, 4) is 5.75 Å². The summed E-state index contributed by atoms with van der Waals surface area (Å²) in [5.74, 6) is -0.0957. The molecule has 0 unspecified atom stereocenters. The zero-order valence-corrected chi connectivity index (χ0v) is 20.4. The van der Waals surface area contributed by atoms with E-state index in [0.717, 1.165) is 11.1 Å². The summed E-state index contributed by atoms with van der Waals surface area (Å²) in [6.07, 6.45) is 3.48. The molecule has 0 aliphatic carbocycles. The smallest absolute Gasteiger partial charge is 0.247 e. The average molecular weight is 477 g/mol. The summed E-state index contributed by atoms with van der Waals surface area (Å²) in [6.45, 7) is 6.68. The van der Waals surface area contributed by atoms with E-state index in [1.807, 2.05) is 33.0 Å². The van der Waals surface area contributed by atoms with Crippen LogP contribution in [-0.4, -0.2) is 61.6 Å². The van der Waals surface area contributed by atoms with Gasteiger partial charge in [-0.3, -0.25) is 4.90 Å². The molecular formula is C25H33FN2O4S. The third-order valence-corrected chi connectivity index (χ3v) is 7.93. The molecule has 2 aromatic carbocycles. The highest BCUT2D eigenvalue weighted by Gasteiger charge is 2.38. The maximum Gasteiger partial charge on any atom is 0.247 e. The predicted molar refractivity (Wildman–Crippen MR) is 128 cm³/mol. The Bertz CT molecular complexity index is 1070. The van der Waals surface area contributed by atoms with E-state index in [9.17, 15) is 17.9 Å². The highest BCUT2D eigenvalue weighted by Crippen LogP contribution is 2.34. The molecule has 8 heteroatoms. The van der Waals surface area contributed by atoms with E-state index in [4.69, 9.17) is 4.74 Å². The van der Waals surface area contributed by atoms with Gasteiger partial charge >= 0.3 is 0 Å². The van der Waals surface area contributed by atoms with Crippen molar-refractivity contribution in [2.45, 2.75) is 44.4 Å². The fraction of sp³-hybridized carbons (Fsp3) is 0.440. The lowest BCUT2D eigenvalue weighted by Crippen LogP contribution is -2.49. The standard InChI is InChI=1S/C25H33FN2O4S/c1-5-6-20-9-12-25-23(13-20)32-24(16-27(4)15-21-7-10-22(26)11-8-21)18(2)14-28(19(3)17-29)33(25,30)31/h5-13,18-19,24,29H,14-17H2,1-4H3/b6-5+/t18-,19-,24-/m0/s1. The van der Waals surface area contributed by atoms with Gasteiger partial charge < -0.3 is 9.84 Å². The van der Waals surface area contributed by atoms with Gasteiger partial charge in [-0.25, -0.2) is 12.8 Å². The highest BCUT2D eigenvalue weighted by atomic mass is 32.2. The maximum absolute atomic E-state index is 13.5. The van der Waals surface area contributed by atoms with Crippen molar-refractivity contribution in [2.24, 2.45) is 5.92 Å². The van der Waals surface area contributed by atoms with Crippen molar-refractivity contribution >= 4 is 16.1 Å². The lowest BCUT2D eigenvalue weighted by Gasteiger charge is -2.37. The Hall–Kier alpha value is -2.26. The topological polar surface area (TPSA) is 70.1 Å². The van der Waals surface area contributed by atoms with E-state index >= 15 is 0 Å². The Morgan fingerprint density at radius 3 is 2.61 bits per heavy atom. The van der Waals surface area contributed by atoms with Gasteiger partial charge in [0.1, 0.15) is 22.6 Å². The maximum atomic E-state index is 13.5. The minimum Gasteiger partial charge on any atom is -0.487 e. The molecule has 33 heavy (non-hydrogen) atoms. The van der Waals surface area contributed by atoms with E-state index in [0.29, 0.717) is 18.8 Å². The van der Waals surface area contributed by atoms with Gasteiger partial charge in [0.2, 0.25) is 10.0 Å². The number of likely N-dealkylation sites (N-methyl/N-ethyl adjacent to an activating group) is 1. The molecule has 3 atom stereocenters. The molecule has 0 radical (unpaired) electrons. The molecule has 2 aromatic rings. The Labute approximate surface area is 196 Å². The van der Waals surface area contributed by atoms with E-state index in [2.05, 4.69) is 4.90 Å². The number of halogens is 1. The molecule has 0 amide bonds. The number of aliphatic hydroxyl groups is 1. The van der Waals surface area contributed by atoms with Crippen LogP contribution in [0.3, 0.4) is 0 Å². The van der Waals surface area contributed by atoms with Crippen LogP contribution in [0.4, 0.5) is 4.39 Å². The third-order valence-electron chi connectivity index (χ3n) is 5.91. The Balaban J connectivity index is 1.95. The molecular weight excluding hydrogens is 443 g/mol. The van der Waals surface area contributed by atoms with Crippen molar-refractivity contribution in [3.05, 3.63) is 65.5 Å². The lowest BCUT2D eigenvalue weighted by atomic mass is 10.0. The molecule has 0 aromatic heterocycles. The first kappa shape index (κ1) is 25.4. The van der Waals surface area contributed by atoms with Gasteiger partial charge in [-0.15, -0.1) is 0 Å². The second-order valence-corrected chi connectivity index (χ2v) is 10.6. The first-order chi connectivity index (χ1) is 15.6. The van der Waals surface area contributed by atoms with E-state index < -0.39 is 16.1 Å². The second-order valence-electron chi connectivity index (χ2n) is 8.77. The van der Waals surface area contributed by atoms with E-state index in [1.165, 1.54) is 16.4 Å². The van der Waals surface area contributed by atoms with Crippen LogP contribution in [0.2, 0.25) is 0 Å². The number of rotatable bonds is 7. The zero-order valence-electron chi connectivity index (χ0n) is 19.6. The van der Waals surface area contributed by atoms with Crippen molar-refractivity contribution in [1.29, 1.82) is 0 Å². The van der Waals surface area contributed by atoms with Crippen LogP contribution in [-0.2, 0) is 16.6 Å². The first-order valence-electron chi connectivity index (χ1n) is 11.1. The number of allylic oxidation sites excluding steroid dienone is 1. The van der Waals surface area contributed by atoms with Crippen LogP contribution in [0.1, 0.15) is 31.9 Å². The number of fused-ring (bicyclic) bond motifs is 1. The molecule has 0 saturated carbocycles. The normalized spacial score (nSPS) is 21.9. The first-order valence-corrected chi connectivity index (χ1v) is 12.6. The molecule has 6 nitrogen and oxygen atoms in total. The molecule has 0 bridgehead atoms. The lowest BCUT2D eigenvalue weighted by molar-refractivity contribution is 0.0733. The number of hydrogen-bond acceptors (Lipinski definition) is 5. The fourth-order valence-corrected chi connectivity index (χ4v) is 5.86. The monoisotopic (exact) mass is 476 g/mol. The summed E-state index contributed by atoms with van der Waals surface area (Å²) < 4.78 is 47.9. The summed E-state index contributed by atoms with van der Waals surface area (Å²) in [5, 5.41) is 9.74. The molecule has 0 saturated heterocycles. The molecule has 1 N–H and O–H groups in total. The summed E-state index contributed by atoms with van der Waals surface area (Å²) in [6, 6.07) is 10.9. The summed E-state index contributed by atoms with van der Waals surface area (Å²) >= 11 is 0. The van der Waals surface area contributed by atoms with Crippen molar-refractivity contribution in [3.63, 3.8) is 0 Å². The van der Waals surface area contributed by atoms with Gasteiger partial charge in [0, 0.05) is 31.6 Å². The Morgan fingerprint density at radius 2 is 1.97 bits per heavy atom. The summed E-state index contributed by atoms with van der Waals surface area (Å²) in [5.41, 5.74) is 1.83. The Kier molecular flexibility index (Phi) is 8.28. The molecule has 0 spiro atoms. The van der Waals surface area contributed by atoms with Gasteiger partial charge in [-0.2, -0.15) is 4.31 Å². The molecule has 1 aliphatic heterocycles. The number of nitrogens with zero attached hydrogens (tertiary/aromatic N) is 2. The highest BCUT2D eigenvalue weighted by molar-refractivity contribution is 7.89. The fourth-order valence-electron chi connectivity index (χ4n) is 4.03. The quantitative estimate of drug-likeness (QED) is 0.659. The SMILES string of the molecule is C/C=C/c1ccc2c(c1)O[C@@H](CN(C)Cc1ccc(F)cc1)[C@@H](C)CN([C@@H](C)CO)S2(=O)=O. The molecule has 3 rings (SSSR count). The molecule has 0 fully saturated rings. The van der Waals surface area contributed by atoms with Gasteiger partial charge in [-0.1, -0.05) is 37.3 Å². The Morgan fingerprint density at radius 1 is 1.27 bits per heavy atom. The van der Waals surface area contributed by atoms with Crippen molar-refractivity contribution < 1.29 is 22.7 Å². The van der Waals surface area contributed by atoms with Gasteiger partial charge in [0.25, 0.3) is 0 Å². The van der Waals surface area contributed by atoms with E-state index in [1.54, 1.807) is 37.3 Å². The molecule has 1 heterocycles. The van der Waals surface area contributed by atoms with Crippen LogP contribution in [0.25, 0.3) is 6.08 Å². The van der Waals surface area contributed by atoms with Crippen LogP contribution < -0.4 is 4.74 Å². The minimum atomic E-state index is -3.85. The predicted octanol–water partition coefficient (Wildman–Crippen LogP) is 3.76. The summed E-state index contributed by atoms with van der Waals surface area (Å²) in [7, 11) is -1.89. The van der Waals surface area contributed by atoms with Crippen LogP contribution >= 0.6 is 0 Å². The number of aliphatic hydroxyl groups excluding tert-OH is 1. The van der Waals surface area contributed by atoms with Crippen LogP contribution in [0.5, 0.6) is 5.75 Å². The second kappa shape index (κ2) is 10.8. The number of ether oxygens (including phenoxy) is 1. The van der Waals surface area contributed by atoms with Gasteiger partial charge in [0.15, 0.2) is 0 Å². The number of sulfonamides is 1. The van der Waals surface area contributed by atoms with Crippen molar-refractivity contribution in [1.82, 2.24) is 9.21 Å². The summed E-state index contributed by atoms with van der Waals surface area (Å²) in [4.78, 5) is 2.19. The number of hydrogen-bond donors (Lipinski definition) is 1. The molecule has 180 valence electrons. The largest absolute Gasteiger partial charge is 0.487 e. The minimum absolute atomic E-state index is 0.106. The average Bonchev–Trinajstić information content (AvgIpc) is 2.77. The van der Waals surface area contributed by atoms with Gasteiger partial charge in [-0.05, 0) is 56.3 Å². The molecule has 1 aliphatic rings. The van der Waals surface area contributed by atoms with Gasteiger partial charge in [0.05, 0.1) is 6.61 Å². The van der Waals surface area contributed by atoms with E-state index in [-0.39, 0.29) is 35.9 Å². The van der Waals surface area contributed by atoms with Crippen molar-refractivity contribution in [2.75, 3.05) is 26.7 Å². The van der Waals surface area contributed by atoms with Crippen LogP contribution in [0.15, 0.2) is 53.4 Å². The zero-order chi connectivity index (χ0) is 24.2. The van der Waals surface area contributed by atoms with Crippen LogP contribution in [0, 0.1) is 11.7 Å². The third kappa shape index (κ3) is 6.00.